The summed E-state index contributed by atoms with van der Waals surface area (Å²) in [6.45, 7) is 8.91. The Kier molecular flexibility index (Phi) is 7.95. The second-order valence-electron chi connectivity index (χ2n) is 6.71. The van der Waals surface area contributed by atoms with Gasteiger partial charge in [0.1, 0.15) is 12.4 Å². The van der Waals surface area contributed by atoms with Crippen LogP contribution in [-0.4, -0.2) is 45.9 Å². The van der Waals surface area contributed by atoms with Crippen molar-refractivity contribution in [2.75, 3.05) is 44.9 Å². The van der Waals surface area contributed by atoms with E-state index in [1.807, 2.05) is 24.3 Å². The fourth-order valence-electron chi connectivity index (χ4n) is 3.29. The van der Waals surface area contributed by atoms with Crippen molar-refractivity contribution < 1.29 is 9.47 Å². The van der Waals surface area contributed by atoms with E-state index in [0.29, 0.717) is 19.7 Å². The summed E-state index contributed by atoms with van der Waals surface area (Å²) in [5.74, 6) is 1.60. The van der Waals surface area contributed by atoms with E-state index in [1.54, 1.807) is 13.1 Å². The predicted molar refractivity (Wildman–Crippen MR) is 119 cm³/mol. The molecule has 6 nitrogen and oxygen atoms in total. The quantitative estimate of drug-likeness (QED) is 0.410. The average molecular weight is 395 g/mol. The van der Waals surface area contributed by atoms with E-state index in [2.05, 4.69) is 51.4 Å². The Balaban J connectivity index is 1.59. The third-order valence-corrected chi connectivity index (χ3v) is 4.79. The monoisotopic (exact) mass is 394 g/mol. The van der Waals surface area contributed by atoms with E-state index < -0.39 is 0 Å². The number of nitrogens with one attached hydrogen (secondary N) is 2. The number of benzene rings is 2. The van der Waals surface area contributed by atoms with Crippen molar-refractivity contribution in [3.8, 4) is 5.75 Å². The summed E-state index contributed by atoms with van der Waals surface area (Å²) in [6.07, 6.45) is 1.75. The van der Waals surface area contributed by atoms with Gasteiger partial charge in [-0.2, -0.15) is 0 Å². The van der Waals surface area contributed by atoms with Crippen molar-refractivity contribution in [1.82, 2.24) is 10.6 Å². The number of ether oxygens (including phenoxy) is 2. The summed E-state index contributed by atoms with van der Waals surface area (Å²) < 4.78 is 11.2. The van der Waals surface area contributed by atoms with E-state index in [4.69, 9.17) is 9.47 Å². The SMILES string of the molecule is C=CCOc1ccccc1CNC(=NC)NCc1ccccc1N1CCOCC1. The molecule has 0 saturated carbocycles. The Morgan fingerprint density at radius 1 is 1.07 bits per heavy atom. The van der Waals surface area contributed by atoms with E-state index in [0.717, 1.165) is 43.6 Å². The first-order chi connectivity index (χ1) is 14.3. The first-order valence-corrected chi connectivity index (χ1v) is 9.98. The second-order valence-corrected chi connectivity index (χ2v) is 6.71. The molecule has 1 aliphatic heterocycles. The third kappa shape index (κ3) is 5.99. The lowest BCUT2D eigenvalue weighted by Crippen LogP contribution is -2.39. The predicted octanol–water partition coefficient (Wildman–Crippen LogP) is 2.95. The van der Waals surface area contributed by atoms with Crippen LogP contribution in [-0.2, 0) is 17.8 Å². The number of para-hydroxylation sites is 2. The minimum absolute atomic E-state index is 0.488. The highest BCUT2D eigenvalue weighted by Crippen LogP contribution is 2.21. The average Bonchev–Trinajstić information content (AvgIpc) is 2.79. The molecular weight excluding hydrogens is 364 g/mol. The normalized spacial score (nSPS) is 14.4. The van der Waals surface area contributed by atoms with Crippen LogP contribution >= 0.6 is 0 Å². The number of aliphatic imine (C=N–C) groups is 1. The fourth-order valence-corrected chi connectivity index (χ4v) is 3.29. The number of hydrogen-bond acceptors (Lipinski definition) is 4. The van der Waals surface area contributed by atoms with Crippen molar-refractivity contribution in [1.29, 1.82) is 0 Å². The Labute approximate surface area is 173 Å². The molecule has 1 fully saturated rings. The molecule has 154 valence electrons. The molecule has 0 amide bonds. The Bertz CT molecular complexity index is 816. The molecule has 29 heavy (non-hydrogen) atoms. The maximum absolute atomic E-state index is 5.73. The van der Waals surface area contributed by atoms with Gasteiger partial charge < -0.3 is 25.0 Å². The second kappa shape index (κ2) is 11.1. The van der Waals surface area contributed by atoms with Crippen LogP contribution < -0.4 is 20.3 Å². The summed E-state index contributed by atoms with van der Waals surface area (Å²) in [4.78, 5) is 6.73. The number of anilines is 1. The topological polar surface area (TPSA) is 58.1 Å². The van der Waals surface area contributed by atoms with E-state index >= 15 is 0 Å². The molecule has 6 heteroatoms. The molecule has 0 bridgehead atoms. The van der Waals surface area contributed by atoms with Gasteiger partial charge in [0, 0.05) is 44.5 Å². The molecule has 0 aliphatic carbocycles. The minimum atomic E-state index is 0.488. The highest BCUT2D eigenvalue weighted by atomic mass is 16.5. The molecule has 0 aromatic heterocycles. The zero-order valence-electron chi connectivity index (χ0n) is 17.1. The molecule has 0 radical (unpaired) electrons. The zero-order valence-corrected chi connectivity index (χ0v) is 17.1. The number of guanidine groups is 1. The lowest BCUT2D eigenvalue weighted by molar-refractivity contribution is 0.122. The Morgan fingerprint density at radius 2 is 1.72 bits per heavy atom. The molecule has 2 N–H and O–H groups in total. The van der Waals surface area contributed by atoms with Crippen molar-refractivity contribution in [2.24, 2.45) is 4.99 Å². The first-order valence-electron chi connectivity index (χ1n) is 9.98. The standard InChI is InChI=1S/C23H30N4O2/c1-3-14-29-22-11-7-5-9-20(22)18-26-23(24-2)25-17-19-8-4-6-10-21(19)27-12-15-28-16-13-27/h3-11H,1,12-18H2,2H3,(H2,24,25,26). The number of hydrogen-bond donors (Lipinski definition) is 2. The largest absolute Gasteiger partial charge is 0.489 e. The minimum Gasteiger partial charge on any atom is -0.489 e. The zero-order chi connectivity index (χ0) is 20.3. The van der Waals surface area contributed by atoms with Crippen LogP contribution in [0.5, 0.6) is 5.75 Å². The number of rotatable bonds is 8. The van der Waals surface area contributed by atoms with E-state index in [-0.39, 0.29) is 0 Å². The molecule has 1 aliphatic rings. The van der Waals surface area contributed by atoms with Crippen LogP contribution in [0.25, 0.3) is 0 Å². The Hall–Kier alpha value is -2.99. The lowest BCUT2D eigenvalue weighted by Gasteiger charge is -2.30. The summed E-state index contributed by atoms with van der Waals surface area (Å²) in [5, 5.41) is 6.79. The van der Waals surface area contributed by atoms with Crippen LogP contribution in [0, 0.1) is 0 Å². The lowest BCUT2D eigenvalue weighted by atomic mass is 10.1. The summed E-state index contributed by atoms with van der Waals surface area (Å²) in [5.41, 5.74) is 3.57. The molecule has 0 unspecified atom stereocenters. The van der Waals surface area contributed by atoms with Gasteiger partial charge in [0.2, 0.25) is 0 Å². The van der Waals surface area contributed by atoms with Gasteiger partial charge in [-0.05, 0) is 17.7 Å². The molecular formula is C23H30N4O2. The summed E-state index contributed by atoms with van der Waals surface area (Å²) in [7, 11) is 1.78. The van der Waals surface area contributed by atoms with Gasteiger partial charge in [0.05, 0.1) is 13.2 Å². The van der Waals surface area contributed by atoms with Crippen molar-refractivity contribution in [3.63, 3.8) is 0 Å². The number of nitrogens with zero attached hydrogens (tertiary/aromatic N) is 2. The first kappa shape index (κ1) is 20.7. The molecule has 1 heterocycles. The van der Waals surface area contributed by atoms with Crippen LogP contribution in [0.4, 0.5) is 5.69 Å². The van der Waals surface area contributed by atoms with Gasteiger partial charge >= 0.3 is 0 Å². The Morgan fingerprint density at radius 3 is 2.45 bits per heavy atom. The van der Waals surface area contributed by atoms with Gasteiger partial charge in [-0.15, -0.1) is 0 Å². The van der Waals surface area contributed by atoms with Gasteiger partial charge in [-0.25, -0.2) is 0 Å². The fraction of sp³-hybridized carbons (Fsp3) is 0.348. The highest BCUT2D eigenvalue weighted by Gasteiger charge is 2.14. The number of morpholine rings is 1. The van der Waals surface area contributed by atoms with Crippen molar-refractivity contribution in [2.45, 2.75) is 13.1 Å². The molecule has 0 spiro atoms. The molecule has 2 aromatic rings. The van der Waals surface area contributed by atoms with Gasteiger partial charge in [0.25, 0.3) is 0 Å². The highest BCUT2D eigenvalue weighted by molar-refractivity contribution is 5.79. The maximum Gasteiger partial charge on any atom is 0.191 e. The van der Waals surface area contributed by atoms with Gasteiger partial charge in [-0.3, -0.25) is 4.99 Å². The smallest absolute Gasteiger partial charge is 0.191 e. The van der Waals surface area contributed by atoms with Crippen LogP contribution in [0.3, 0.4) is 0 Å². The van der Waals surface area contributed by atoms with Gasteiger partial charge in [-0.1, -0.05) is 49.1 Å². The van der Waals surface area contributed by atoms with Crippen LogP contribution in [0.2, 0.25) is 0 Å². The maximum atomic E-state index is 5.73. The summed E-state index contributed by atoms with van der Waals surface area (Å²) in [6, 6.07) is 16.5. The molecule has 3 rings (SSSR count). The molecule has 2 aromatic carbocycles. The molecule has 1 saturated heterocycles. The van der Waals surface area contributed by atoms with Crippen molar-refractivity contribution >= 4 is 11.6 Å². The summed E-state index contributed by atoms with van der Waals surface area (Å²) >= 11 is 0. The molecule has 0 atom stereocenters. The van der Waals surface area contributed by atoms with Crippen molar-refractivity contribution in [3.05, 3.63) is 72.3 Å². The van der Waals surface area contributed by atoms with E-state index in [9.17, 15) is 0 Å². The van der Waals surface area contributed by atoms with Crippen LogP contribution in [0.1, 0.15) is 11.1 Å². The van der Waals surface area contributed by atoms with Gasteiger partial charge in [0.15, 0.2) is 5.96 Å². The van der Waals surface area contributed by atoms with Crippen LogP contribution in [0.15, 0.2) is 66.2 Å². The van der Waals surface area contributed by atoms with E-state index in [1.165, 1.54) is 11.3 Å². The third-order valence-electron chi connectivity index (χ3n) is 4.79.